The van der Waals surface area contributed by atoms with E-state index in [-0.39, 0.29) is 6.42 Å². The molecule has 0 radical (unpaired) electrons. The van der Waals surface area contributed by atoms with Gasteiger partial charge in [0, 0.05) is 29.9 Å². The van der Waals surface area contributed by atoms with Crippen molar-refractivity contribution in [1.82, 2.24) is 4.98 Å². The van der Waals surface area contributed by atoms with Crippen molar-refractivity contribution in [2.75, 3.05) is 12.4 Å². The van der Waals surface area contributed by atoms with Gasteiger partial charge in [0.1, 0.15) is 0 Å². The van der Waals surface area contributed by atoms with E-state index < -0.39 is 5.97 Å². The smallest absolute Gasteiger partial charge is 0.183 e. The Balaban J connectivity index is 2.44. The molecule has 1 heterocycles. The van der Waals surface area contributed by atoms with Crippen molar-refractivity contribution in [3.63, 3.8) is 0 Å². The Morgan fingerprint density at radius 3 is 2.71 bits per heavy atom. The number of thiazole rings is 1. The molecule has 0 unspecified atom stereocenters. The molecular formula is C12H11N2O2S-. The number of rotatable bonds is 4. The molecule has 0 aliphatic carbocycles. The largest absolute Gasteiger partial charge is 0.550 e. The first-order chi connectivity index (χ1) is 8.20. The predicted molar refractivity (Wildman–Crippen MR) is 65.8 cm³/mol. The molecule has 0 aliphatic heterocycles. The van der Waals surface area contributed by atoms with E-state index in [1.54, 1.807) is 7.05 Å². The lowest BCUT2D eigenvalue weighted by atomic mass is 10.1. The van der Waals surface area contributed by atoms with Crippen LogP contribution in [0.25, 0.3) is 11.3 Å². The van der Waals surface area contributed by atoms with Crippen LogP contribution in [0.5, 0.6) is 0 Å². The molecule has 0 fully saturated rings. The number of aromatic nitrogens is 1. The van der Waals surface area contributed by atoms with Crippen LogP contribution in [0.3, 0.4) is 0 Å². The van der Waals surface area contributed by atoms with Gasteiger partial charge in [-0.25, -0.2) is 4.98 Å². The van der Waals surface area contributed by atoms with Crippen LogP contribution in [0.4, 0.5) is 5.13 Å². The number of nitrogens with one attached hydrogen (secondary N) is 1. The number of hydrogen-bond acceptors (Lipinski definition) is 5. The fourth-order valence-electron chi connectivity index (χ4n) is 1.53. The Hall–Kier alpha value is -1.88. The average molecular weight is 247 g/mol. The fraction of sp³-hybridized carbons (Fsp3) is 0.167. The highest BCUT2D eigenvalue weighted by molar-refractivity contribution is 7.16. The van der Waals surface area contributed by atoms with Crippen LogP contribution in [0.1, 0.15) is 4.88 Å². The molecule has 1 aromatic carbocycles. The Labute approximate surface area is 103 Å². The first-order valence-electron chi connectivity index (χ1n) is 5.13. The minimum Gasteiger partial charge on any atom is -0.550 e. The zero-order chi connectivity index (χ0) is 12.3. The third kappa shape index (κ3) is 2.62. The summed E-state index contributed by atoms with van der Waals surface area (Å²) >= 11 is 1.34. The fourth-order valence-corrected chi connectivity index (χ4v) is 2.45. The summed E-state index contributed by atoms with van der Waals surface area (Å²) in [4.78, 5) is 15.8. The molecule has 1 aromatic heterocycles. The Morgan fingerprint density at radius 2 is 2.12 bits per heavy atom. The van der Waals surface area contributed by atoms with Gasteiger partial charge in [-0.2, -0.15) is 0 Å². The molecule has 1 N–H and O–H groups in total. The van der Waals surface area contributed by atoms with Gasteiger partial charge in [-0.15, -0.1) is 11.3 Å². The van der Waals surface area contributed by atoms with Gasteiger partial charge < -0.3 is 15.2 Å². The molecule has 4 nitrogen and oxygen atoms in total. The number of anilines is 1. The highest BCUT2D eigenvalue weighted by Crippen LogP contribution is 2.31. The molecule has 0 aliphatic rings. The van der Waals surface area contributed by atoms with E-state index in [1.807, 2.05) is 30.3 Å². The first-order valence-corrected chi connectivity index (χ1v) is 5.95. The number of aliphatic carboxylic acids is 1. The number of hydrogen-bond donors (Lipinski definition) is 1. The summed E-state index contributed by atoms with van der Waals surface area (Å²) in [5.74, 6) is -1.09. The number of benzene rings is 1. The SMILES string of the molecule is CNc1nc(-c2ccccc2)c(CC(=O)[O-])s1. The summed E-state index contributed by atoms with van der Waals surface area (Å²) in [6.45, 7) is 0. The Bertz CT molecular complexity index is 523. The number of carbonyl (C=O) groups is 1. The van der Waals surface area contributed by atoms with E-state index in [0.717, 1.165) is 5.56 Å². The Morgan fingerprint density at radius 1 is 1.41 bits per heavy atom. The molecule has 5 heteroatoms. The zero-order valence-electron chi connectivity index (χ0n) is 9.27. The van der Waals surface area contributed by atoms with E-state index in [1.165, 1.54) is 11.3 Å². The molecule has 0 atom stereocenters. The summed E-state index contributed by atoms with van der Waals surface area (Å²) in [6.07, 6.45) is -0.108. The monoisotopic (exact) mass is 247 g/mol. The van der Waals surface area contributed by atoms with Crippen LogP contribution in [0.15, 0.2) is 30.3 Å². The van der Waals surface area contributed by atoms with Gasteiger partial charge in [0.25, 0.3) is 0 Å². The molecule has 0 bridgehead atoms. The van der Waals surface area contributed by atoms with Crippen molar-refractivity contribution in [1.29, 1.82) is 0 Å². The summed E-state index contributed by atoms with van der Waals surface area (Å²) in [6, 6.07) is 9.53. The lowest BCUT2D eigenvalue weighted by Crippen LogP contribution is -2.24. The maximum atomic E-state index is 10.7. The zero-order valence-corrected chi connectivity index (χ0v) is 10.1. The summed E-state index contributed by atoms with van der Waals surface area (Å²) in [5.41, 5.74) is 1.63. The molecule has 0 saturated carbocycles. The quantitative estimate of drug-likeness (QED) is 0.880. The number of carboxylic acid groups (broad SMARTS) is 1. The van der Waals surface area contributed by atoms with Gasteiger partial charge >= 0.3 is 0 Å². The molecule has 2 aromatic rings. The van der Waals surface area contributed by atoms with Crippen LogP contribution >= 0.6 is 11.3 Å². The number of nitrogens with zero attached hydrogens (tertiary/aromatic N) is 1. The standard InChI is InChI=1S/C12H12N2O2S/c1-13-12-14-11(8-5-3-2-4-6-8)9(17-12)7-10(15)16/h2-6H,7H2,1H3,(H,13,14)(H,15,16)/p-1. The second-order valence-corrected chi connectivity index (χ2v) is 4.54. The van der Waals surface area contributed by atoms with Crippen molar-refractivity contribution in [3.05, 3.63) is 35.2 Å². The van der Waals surface area contributed by atoms with Crippen LogP contribution in [0, 0.1) is 0 Å². The van der Waals surface area contributed by atoms with Gasteiger partial charge in [0.15, 0.2) is 5.13 Å². The van der Waals surface area contributed by atoms with E-state index in [9.17, 15) is 9.90 Å². The lowest BCUT2D eigenvalue weighted by molar-refractivity contribution is -0.304. The van der Waals surface area contributed by atoms with Crippen molar-refractivity contribution >= 4 is 22.4 Å². The lowest BCUT2D eigenvalue weighted by Gasteiger charge is -2.02. The van der Waals surface area contributed by atoms with Gasteiger partial charge in [0.05, 0.1) is 5.69 Å². The van der Waals surface area contributed by atoms with Crippen LogP contribution in [-0.4, -0.2) is 18.0 Å². The summed E-state index contributed by atoms with van der Waals surface area (Å²) < 4.78 is 0. The second kappa shape index (κ2) is 4.97. The number of carboxylic acids is 1. The minimum absolute atomic E-state index is 0.108. The van der Waals surface area contributed by atoms with Gasteiger partial charge in [-0.1, -0.05) is 30.3 Å². The highest BCUT2D eigenvalue weighted by atomic mass is 32.1. The molecule has 0 saturated heterocycles. The van der Waals surface area contributed by atoms with E-state index >= 15 is 0 Å². The van der Waals surface area contributed by atoms with Crippen molar-refractivity contribution in [2.45, 2.75) is 6.42 Å². The molecular weight excluding hydrogens is 236 g/mol. The molecule has 17 heavy (non-hydrogen) atoms. The maximum Gasteiger partial charge on any atom is 0.183 e. The van der Waals surface area contributed by atoms with E-state index in [4.69, 9.17) is 0 Å². The average Bonchev–Trinajstić information content (AvgIpc) is 2.72. The molecule has 0 spiro atoms. The summed E-state index contributed by atoms with van der Waals surface area (Å²) in [7, 11) is 1.76. The van der Waals surface area contributed by atoms with Crippen LogP contribution in [0.2, 0.25) is 0 Å². The van der Waals surface area contributed by atoms with Gasteiger partial charge in [-0.3, -0.25) is 0 Å². The topological polar surface area (TPSA) is 65.0 Å². The van der Waals surface area contributed by atoms with E-state index in [0.29, 0.717) is 15.7 Å². The molecule has 2 rings (SSSR count). The second-order valence-electron chi connectivity index (χ2n) is 3.46. The maximum absolute atomic E-state index is 10.7. The van der Waals surface area contributed by atoms with Crippen LogP contribution in [-0.2, 0) is 11.2 Å². The van der Waals surface area contributed by atoms with Crippen LogP contribution < -0.4 is 10.4 Å². The predicted octanol–water partition coefficient (Wildman–Crippen LogP) is 1.14. The van der Waals surface area contributed by atoms with Crippen molar-refractivity contribution in [2.24, 2.45) is 0 Å². The van der Waals surface area contributed by atoms with Gasteiger partial charge in [-0.05, 0) is 0 Å². The van der Waals surface area contributed by atoms with Crippen molar-refractivity contribution < 1.29 is 9.90 Å². The number of carbonyl (C=O) groups excluding carboxylic acids is 1. The third-order valence-corrected chi connectivity index (χ3v) is 3.34. The minimum atomic E-state index is -1.09. The molecule has 0 amide bonds. The Kier molecular flexibility index (Phi) is 3.39. The van der Waals surface area contributed by atoms with E-state index in [2.05, 4.69) is 10.3 Å². The molecule has 88 valence electrons. The summed E-state index contributed by atoms with van der Waals surface area (Å²) in [5, 5.41) is 14.3. The van der Waals surface area contributed by atoms with Gasteiger partial charge in [0.2, 0.25) is 0 Å². The first kappa shape index (κ1) is 11.6. The third-order valence-electron chi connectivity index (χ3n) is 2.26. The van der Waals surface area contributed by atoms with Crippen molar-refractivity contribution in [3.8, 4) is 11.3 Å². The highest BCUT2D eigenvalue weighted by Gasteiger charge is 2.12. The normalized spacial score (nSPS) is 10.2.